The van der Waals surface area contributed by atoms with Gasteiger partial charge in [0.15, 0.2) is 0 Å². The summed E-state index contributed by atoms with van der Waals surface area (Å²) in [5.41, 5.74) is 0. The molecule has 0 saturated heterocycles. The third-order valence-corrected chi connectivity index (χ3v) is 4.66. The maximum atomic E-state index is 10.3. The van der Waals surface area contributed by atoms with Crippen molar-refractivity contribution in [1.29, 1.82) is 0 Å². The minimum Gasteiger partial charge on any atom is -0.237 e. The highest BCUT2D eigenvalue weighted by Crippen LogP contribution is 2.12. The lowest BCUT2D eigenvalue weighted by Gasteiger charge is -2.01. The van der Waals surface area contributed by atoms with Crippen molar-refractivity contribution in [3.8, 4) is 0 Å². The van der Waals surface area contributed by atoms with Crippen molar-refractivity contribution < 1.29 is 5.11 Å². The fraction of sp³-hybridized carbons (Fsp3) is 0.909. The number of rotatable bonds is 19. The van der Waals surface area contributed by atoms with Crippen molar-refractivity contribution in [2.24, 2.45) is 0 Å². The summed E-state index contributed by atoms with van der Waals surface area (Å²) in [5, 5.41) is 10.3. The molecule has 0 atom stereocenters. The lowest BCUT2D eigenvalue weighted by Crippen LogP contribution is -1.83. The Bertz CT molecular complexity index is 222. The van der Waals surface area contributed by atoms with Gasteiger partial charge in [-0.2, -0.15) is 0 Å². The molecule has 0 unspecified atom stereocenters. The molecule has 0 fully saturated rings. The lowest BCUT2D eigenvalue weighted by atomic mass is 10.1. The van der Waals surface area contributed by atoms with Gasteiger partial charge in [0, 0.05) is 0 Å². The molecule has 0 spiro atoms. The maximum absolute atomic E-state index is 10.3. The van der Waals surface area contributed by atoms with Crippen LogP contribution in [0.15, 0.2) is 12.2 Å². The Morgan fingerprint density at radius 3 is 1.22 bits per heavy atom. The predicted molar refractivity (Wildman–Crippen MR) is 103 cm³/mol. The van der Waals surface area contributed by atoms with E-state index in [0.717, 1.165) is 12.8 Å². The number of unbranched alkanes of at least 4 members (excludes halogenated alkanes) is 16. The van der Waals surface area contributed by atoms with Crippen LogP contribution >= 0.6 is 0 Å². The summed E-state index contributed by atoms with van der Waals surface area (Å²) < 4.78 is 0. The Kier molecular flexibility index (Phi) is 21.4. The minimum absolute atomic E-state index is 0.118. The van der Waals surface area contributed by atoms with Crippen molar-refractivity contribution >= 4 is 0 Å². The zero-order valence-corrected chi connectivity index (χ0v) is 16.0. The standard InChI is InChI=1S/C22H43O/c1-2-3-4-5-6-7-8-9-10-11-12-13-14-15-16-17-18-19-20-21-22-23/h9-10H,2-8,11-22H2,1H3/b10-9+. The monoisotopic (exact) mass is 323 g/mol. The minimum atomic E-state index is 0.118. The van der Waals surface area contributed by atoms with Gasteiger partial charge in [-0.15, -0.1) is 0 Å². The molecule has 0 aliphatic carbocycles. The van der Waals surface area contributed by atoms with E-state index >= 15 is 0 Å². The predicted octanol–water partition coefficient (Wildman–Crippen LogP) is 8.01. The van der Waals surface area contributed by atoms with Crippen LogP contribution in [0.5, 0.6) is 0 Å². The van der Waals surface area contributed by atoms with Gasteiger partial charge >= 0.3 is 0 Å². The molecular weight excluding hydrogens is 280 g/mol. The van der Waals surface area contributed by atoms with Crippen LogP contribution in [0.3, 0.4) is 0 Å². The molecule has 1 radical (unpaired) electrons. The zero-order valence-electron chi connectivity index (χ0n) is 16.0. The largest absolute Gasteiger partial charge is 0.237 e. The van der Waals surface area contributed by atoms with E-state index in [9.17, 15) is 5.11 Å². The molecule has 0 aliphatic heterocycles. The SMILES string of the molecule is CCCCCCCC/C=C/CCCCCCCCCCCC[O]. The maximum Gasteiger partial charge on any atom is 0.0822 e. The van der Waals surface area contributed by atoms with E-state index in [1.165, 1.54) is 103 Å². The molecule has 137 valence electrons. The van der Waals surface area contributed by atoms with E-state index in [0.29, 0.717) is 0 Å². The van der Waals surface area contributed by atoms with E-state index < -0.39 is 0 Å². The number of hydrogen-bond acceptors (Lipinski definition) is 0. The molecule has 0 aromatic heterocycles. The topological polar surface area (TPSA) is 19.9 Å². The van der Waals surface area contributed by atoms with Crippen LogP contribution in [0.4, 0.5) is 0 Å². The molecule has 0 bridgehead atoms. The molecule has 0 amide bonds. The molecule has 1 heteroatoms. The molecule has 0 saturated carbocycles. The molecule has 0 rings (SSSR count). The van der Waals surface area contributed by atoms with Gasteiger partial charge in [0.2, 0.25) is 0 Å². The van der Waals surface area contributed by atoms with Crippen LogP contribution in [0, 0.1) is 0 Å². The molecule has 0 aromatic rings. The highest BCUT2D eigenvalue weighted by atomic mass is 16.2. The highest BCUT2D eigenvalue weighted by Gasteiger charge is 1.93. The van der Waals surface area contributed by atoms with Gasteiger partial charge in [0.25, 0.3) is 0 Å². The van der Waals surface area contributed by atoms with Gasteiger partial charge in [-0.3, -0.25) is 0 Å². The molecule has 0 aliphatic rings. The summed E-state index contributed by atoms with van der Waals surface area (Å²) in [6.45, 7) is 2.40. The van der Waals surface area contributed by atoms with E-state index in [1.807, 2.05) is 0 Å². The highest BCUT2D eigenvalue weighted by molar-refractivity contribution is 4.81. The first kappa shape index (κ1) is 22.7. The zero-order chi connectivity index (χ0) is 16.8. The second-order valence-electron chi connectivity index (χ2n) is 7.06. The number of hydrogen-bond donors (Lipinski definition) is 0. The van der Waals surface area contributed by atoms with Gasteiger partial charge in [-0.25, -0.2) is 5.11 Å². The van der Waals surface area contributed by atoms with E-state index in [2.05, 4.69) is 19.1 Å². The van der Waals surface area contributed by atoms with Crippen molar-refractivity contribution in [1.82, 2.24) is 0 Å². The normalized spacial score (nSPS) is 11.6. The lowest BCUT2D eigenvalue weighted by molar-refractivity contribution is 0.186. The summed E-state index contributed by atoms with van der Waals surface area (Å²) in [6, 6.07) is 0. The van der Waals surface area contributed by atoms with E-state index in [1.54, 1.807) is 0 Å². The Balaban J connectivity index is 3.02. The third-order valence-electron chi connectivity index (χ3n) is 4.66. The van der Waals surface area contributed by atoms with E-state index in [-0.39, 0.29) is 6.61 Å². The molecule has 1 nitrogen and oxygen atoms in total. The summed E-state index contributed by atoms with van der Waals surface area (Å²) in [7, 11) is 0. The smallest absolute Gasteiger partial charge is 0.0822 e. The fourth-order valence-electron chi connectivity index (χ4n) is 3.06. The molecule has 23 heavy (non-hydrogen) atoms. The van der Waals surface area contributed by atoms with Crippen LogP contribution in [-0.4, -0.2) is 6.61 Å². The molecule has 0 aromatic carbocycles. The van der Waals surface area contributed by atoms with E-state index in [4.69, 9.17) is 0 Å². The quantitative estimate of drug-likeness (QED) is 0.169. The first-order valence-corrected chi connectivity index (χ1v) is 10.6. The second-order valence-corrected chi connectivity index (χ2v) is 7.06. The molecule has 0 N–H and O–H groups in total. The third kappa shape index (κ3) is 21.7. The number of allylic oxidation sites excluding steroid dienone is 2. The first-order valence-electron chi connectivity index (χ1n) is 10.6. The van der Waals surface area contributed by atoms with Crippen LogP contribution in [-0.2, 0) is 5.11 Å². The Labute approximate surface area is 147 Å². The molecular formula is C22H43O. The van der Waals surface area contributed by atoms with Crippen molar-refractivity contribution in [3.63, 3.8) is 0 Å². The van der Waals surface area contributed by atoms with Crippen molar-refractivity contribution in [3.05, 3.63) is 12.2 Å². The van der Waals surface area contributed by atoms with Gasteiger partial charge in [-0.05, 0) is 32.1 Å². The average Bonchev–Trinajstić information content (AvgIpc) is 2.57. The van der Waals surface area contributed by atoms with Crippen molar-refractivity contribution in [2.45, 2.75) is 122 Å². The van der Waals surface area contributed by atoms with Crippen LogP contribution in [0.25, 0.3) is 0 Å². The summed E-state index contributed by atoms with van der Waals surface area (Å²) >= 11 is 0. The Hall–Kier alpha value is -0.300. The molecule has 0 heterocycles. The van der Waals surface area contributed by atoms with Crippen molar-refractivity contribution in [2.75, 3.05) is 6.61 Å². The van der Waals surface area contributed by atoms with Gasteiger partial charge < -0.3 is 0 Å². The Morgan fingerprint density at radius 1 is 0.478 bits per heavy atom. The van der Waals surface area contributed by atoms with Crippen LogP contribution < -0.4 is 0 Å². The summed E-state index contributed by atoms with van der Waals surface area (Å²) in [6.07, 6.45) is 28.8. The van der Waals surface area contributed by atoms with Gasteiger partial charge in [0.1, 0.15) is 0 Å². The van der Waals surface area contributed by atoms with Gasteiger partial charge in [0.05, 0.1) is 6.61 Å². The van der Waals surface area contributed by atoms with Crippen LogP contribution in [0.2, 0.25) is 0 Å². The van der Waals surface area contributed by atoms with Gasteiger partial charge in [-0.1, -0.05) is 103 Å². The summed E-state index contributed by atoms with van der Waals surface area (Å²) in [4.78, 5) is 0. The summed E-state index contributed by atoms with van der Waals surface area (Å²) in [5.74, 6) is 0. The Morgan fingerprint density at radius 2 is 0.826 bits per heavy atom. The first-order chi connectivity index (χ1) is 11.4. The average molecular weight is 324 g/mol. The fourth-order valence-corrected chi connectivity index (χ4v) is 3.06. The van der Waals surface area contributed by atoms with Crippen LogP contribution in [0.1, 0.15) is 122 Å². The second kappa shape index (κ2) is 21.7.